The van der Waals surface area contributed by atoms with Crippen LogP contribution in [0.25, 0.3) is 26.4 Å². The number of hydrogen-bond donors (Lipinski definition) is 0. The molecular formula is C19H35N6NaO9S. The first-order valence-corrected chi connectivity index (χ1v) is 12.1. The fourth-order valence-corrected chi connectivity index (χ4v) is 2.37. The van der Waals surface area contributed by atoms with Gasteiger partial charge in [-0.1, -0.05) is 18.1 Å². The van der Waals surface area contributed by atoms with Gasteiger partial charge in [0, 0.05) is 17.0 Å². The molecule has 0 aliphatic heterocycles. The fraction of sp³-hybridized carbons (Fsp3) is 0.737. The SMILES string of the molecule is CC=CC(=O)OCC.CCOC(=O)C[C@@H](C)OS(C)(=O)=O.CCOC(=O)C[C@H](C)N=[N+]=[N-].[N-]=[N+]=[N-].[Na+]. The molecule has 17 heteroatoms. The molecule has 0 saturated carbocycles. The van der Waals surface area contributed by atoms with Gasteiger partial charge in [0.15, 0.2) is 0 Å². The Labute approximate surface area is 234 Å². The summed E-state index contributed by atoms with van der Waals surface area (Å²) < 4.78 is 39.5. The number of allylic oxidation sites excluding steroid dienone is 1. The molecule has 0 amide bonds. The second kappa shape index (κ2) is 30.7. The molecule has 0 aliphatic carbocycles. The minimum atomic E-state index is -3.49. The predicted molar refractivity (Wildman–Crippen MR) is 128 cm³/mol. The zero-order chi connectivity index (χ0) is 28.3. The third-order valence-corrected chi connectivity index (χ3v) is 3.38. The molecule has 0 aromatic carbocycles. The standard InChI is InChI=1S/C7H14O5S.C6H11N3O2.C6H10O2.N3.Na/c1-4-11-7(8)5-6(2)12-13(3,9)10;1-3-11-6(10)4-5(2)8-9-7;1-3-5-6(7)8-4-2;1-3-2;/h6H,4-5H2,1-3H3;5H,3-4H2,1-2H3;3,5H,4H2,1-2H3;;/q;;;-1;+1/t6-;5-;;;/m10.../s1. The summed E-state index contributed by atoms with van der Waals surface area (Å²) in [5.41, 5.74) is 21.5. The summed E-state index contributed by atoms with van der Waals surface area (Å²) in [4.78, 5) is 36.0. The first kappa shape index (κ1) is 43.7. The van der Waals surface area contributed by atoms with Crippen LogP contribution < -0.4 is 29.6 Å². The zero-order valence-corrected chi connectivity index (χ0v) is 24.9. The smallest absolute Gasteiger partial charge is 0.466 e. The van der Waals surface area contributed by atoms with Crippen LogP contribution >= 0.6 is 0 Å². The molecule has 2 atom stereocenters. The molecule has 0 bridgehead atoms. The van der Waals surface area contributed by atoms with E-state index in [-0.39, 0.29) is 67.0 Å². The van der Waals surface area contributed by atoms with Crippen molar-refractivity contribution in [3.05, 3.63) is 38.6 Å². The van der Waals surface area contributed by atoms with E-state index < -0.39 is 22.2 Å². The van der Waals surface area contributed by atoms with Crippen LogP contribution in [0.4, 0.5) is 0 Å². The van der Waals surface area contributed by atoms with E-state index in [1.54, 1.807) is 40.7 Å². The first-order valence-electron chi connectivity index (χ1n) is 10.3. The summed E-state index contributed by atoms with van der Waals surface area (Å²) >= 11 is 0. The van der Waals surface area contributed by atoms with Gasteiger partial charge in [0.1, 0.15) is 0 Å². The maximum Gasteiger partial charge on any atom is 1.00 e. The molecule has 202 valence electrons. The van der Waals surface area contributed by atoms with Gasteiger partial charge < -0.3 is 25.3 Å². The van der Waals surface area contributed by atoms with E-state index in [0.29, 0.717) is 13.2 Å². The van der Waals surface area contributed by atoms with Gasteiger partial charge in [-0.25, -0.2) is 4.79 Å². The van der Waals surface area contributed by atoms with E-state index in [9.17, 15) is 22.8 Å². The monoisotopic (exact) mass is 546 g/mol. The molecule has 0 rings (SSSR count). The van der Waals surface area contributed by atoms with Crippen molar-refractivity contribution >= 4 is 28.0 Å². The van der Waals surface area contributed by atoms with Crippen molar-refractivity contribution in [1.29, 1.82) is 0 Å². The molecule has 0 N–H and O–H groups in total. The van der Waals surface area contributed by atoms with Crippen LogP contribution in [0.3, 0.4) is 0 Å². The number of ether oxygens (including phenoxy) is 3. The van der Waals surface area contributed by atoms with Crippen molar-refractivity contribution in [2.24, 2.45) is 5.11 Å². The van der Waals surface area contributed by atoms with E-state index in [0.717, 1.165) is 6.26 Å². The van der Waals surface area contributed by atoms with Gasteiger partial charge in [-0.05, 0) is 40.1 Å². The summed E-state index contributed by atoms with van der Waals surface area (Å²) in [5.74, 6) is -1.05. The Bertz CT molecular complexity index is 812. The van der Waals surface area contributed by atoms with Gasteiger partial charge >= 0.3 is 47.5 Å². The number of carbonyl (C=O) groups excluding carboxylic acids is 3. The van der Waals surface area contributed by atoms with Crippen molar-refractivity contribution in [2.45, 2.75) is 66.5 Å². The Hall–Kier alpha value is -2.32. The number of azide groups is 1. The zero-order valence-electron chi connectivity index (χ0n) is 22.1. The van der Waals surface area contributed by atoms with E-state index in [1.807, 2.05) is 0 Å². The van der Waals surface area contributed by atoms with E-state index >= 15 is 0 Å². The molecule has 0 aromatic rings. The Morgan fingerprint density at radius 1 is 0.917 bits per heavy atom. The molecule has 0 spiro atoms. The van der Waals surface area contributed by atoms with Crippen LogP contribution in [0.1, 0.15) is 54.4 Å². The molecule has 0 radical (unpaired) electrons. The van der Waals surface area contributed by atoms with Gasteiger partial charge in [-0.15, -0.1) is 0 Å². The maximum atomic E-state index is 10.8. The van der Waals surface area contributed by atoms with Crippen molar-refractivity contribution in [3.8, 4) is 0 Å². The average molecular weight is 547 g/mol. The van der Waals surface area contributed by atoms with Gasteiger partial charge in [-0.2, -0.15) is 8.42 Å². The van der Waals surface area contributed by atoms with Crippen molar-refractivity contribution in [2.75, 3.05) is 26.1 Å². The summed E-state index contributed by atoms with van der Waals surface area (Å²) in [7, 11) is -3.49. The van der Waals surface area contributed by atoms with Crippen molar-refractivity contribution < 1.29 is 70.8 Å². The van der Waals surface area contributed by atoms with Crippen LogP contribution in [0.15, 0.2) is 17.3 Å². The molecule has 15 nitrogen and oxygen atoms in total. The summed E-state index contributed by atoms with van der Waals surface area (Å²) in [6, 6.07) is -0.320. The van der Waals surface area contributed by atoms with Gasteiger partial charge in [0.2, 0.25) is 0 Å². The Kier molecular flexibility index (Phi) is 37.3. The summed E-state index contributed by atoms with van der Waals surface area (Å²) in [5, 5.41) is 3.33. The molecule has 0 aliphatic rings. The molecule has 0 unspecified atom stereocenters. The van der Waals surface area contributed by atoms with Gasteiger partial charge in [0.25, 0.3) is 10.1 Å². The van der Waals surface area contributed by atoms with Crippen LogP contribution in [-0.4, -0.2) is 64.5 Å². The number of carbonyl (C=O) groups is 3. The van der Waals surface area contributed by atoms with Crippen LogP contribution in [0.2, 0.25) is 0 Å². The van der Waals surface area contributed by atoms with E-state index in [1.165, 1.54) is 17.9 Å². The maximum absolute atomic E-state index is 10.8. The largest absolute Gasteiger partial charge is 1.00 e. The third kappa shape index (κ3) is 45.2. The number of nitrogens with zero attached hydrogens (tertiary/aromatic N) is 6. The minimum Gasteiger partial charge on any atom is -0.466 e. The third-order valence-electron chi connectivity index (χ3n) is 2.70. The minimum absolute atomic E-state index is 0. The molecule has 0 fully saturated rings. The quantitative estimate of drug-likeness (QED) is 0.0523. The van der Waals surface area contributed by atoms with Crippen LogP contribution in [-0.2, 0) is 42.9 Å². The van der Waals surface area contributed by atoms with E-state index in [2.05, 4.69) is 28.4 Å². The summed E-state index contributed by atoms with van der Waals surface area (Å²) in [6.45, 7) is 11.2. The molecule has 0 heterocycles. The fourth-order valence-electron chi connectivity index (χ4n) is 1.70. The molecular weight excluding hydrogens is 511 g/mol. The topological polar surface area (TPSA) is 230 Å². The second-order valence-electron chi connectivity index (χ2n) is 6.02. The Morgan fingerprint density at radius 3 is 1.67 bits per heavy atom. The normalized spacial score (nSPS) is 10.9. The Morgan fingerprint density at radius 2 is 1.33 bits per heavy atom. The predicted octanol–water partition coefficient (Wildman–Crippen LogP) is 0.938. The Balaban J connectivity index is -0.000000127. The molecule has 0 aromatic heterocycles. The van der Waals surface area contributed by atoms with Crippen LogP contribution in [0.5, 0.6) is 0 Å². The first-order chi connectivity index (χ1) is 16.3. The summed E-state index contributed by atoms with van der Waals surface area (Å²) in [6.07, 6.45) is 3.41. The molecule has 36 heavy (non-hydrogen) atoms. The van der Waals surface area contributed by atoms with Crippen molar-refractivity contribution in [3.63, 3.8) is 0 Å². The number of hydrogen-bond acceptors (Lipinski definition) is 10. The van der Waals surface area contributed by atoms with Crippen molar-refractivity contribution in [1.82, 2.24) is 0 Å². The number of esters is 3. The molecule has 0 saturated heterocycles. The second-order valence-corrected chi connectivity index (χ2v) is 7.63. The average Bonchev–Trinajstić information content (AvgIpc) is 2.69. The van der Waals surface area contributed by atoms with Gasteiger partial charge in [0.05, 0.1) is 45.0 Å². The van der Waals surface area contributed by atoms with Crippen LogP contribution in [0, 0.1) is 0 Å². The van der Waals surface area contributed by atoms with E-state index in [4.69, 9.17) is 16.6 Å². The van der Waals surface area contributed by atoms with Gasteiger partial charge in [-0.3, -0.25) is 18.7 Å². The number of rotatable bonds is 11.